The molecule has 8 heteroatoms. The van der Waals surface area contributed by atoms with Crippen molar-refractivity contribution in [3.05, 3.63) is 140 Å². The number of rotatable bonds is 2. The second kappa shape index (κ2) is 8.99. The number of aromatic nitrogens is 4. The molecule has 3 aromatic heterocycles. The van der Waals surface area contributed by atoms with E-state index >= 15 is 0 Å². The fourth-order valence-corrected chi connectivity index (χ4v) is 8.96. The third-order valence-corrected chi connectivity index (χ3v) is 10.9. The molecule has 3 aliphatic heterocycles. The van der Waals surface area contributed by atoms with Crippen molar-refractivity contribution in [1.82, 2.24) is 18.5 Å². The molecule has 0 fully saturated rings. The van der Waals surface area contributed by atoms with E-state index in [1.807, 2.05) is 42.5 Å². The molecule has 0 bridgehead atoms. The van der Waals surface area contributed by atoms with Gasteiger partial charge in [-0.3, -0.25) is 8.97 Å². The van der Waals surface area contributed by atoms with Crippen molar-refractivity contribution in [2.75, 3.05) is 0 Å². The average Bonchev–Trinajstić information content (AvgIpc) is 3.82. The van der Waals surface area contributed by atoms with E-state index in [9.17, 15) is 0 Å². The van der Waals surface area contributed by atoms with E-state index in [-0.39, 0.29) is 6.71 Å². The standard InChI is InChI=1S/C43H23BN4O3/c1-2-10-24(11-3-1)47-30-14-6-7-15-31(30)48-42-28(45-43(47)48)21-20-27-26-12-4-5-13-29(26)46(41(27)42)25-22-36-40-37(23-25)51-35-19-9-17-33-39(35)44(40)38-32(49-33)16-8-18-34(38)50-36/h1-23H. The lowest BCUT2D eigenvalue weighted by atomic mass is 9.34. The summed E-state index contributed by atoms with van der Waals surface area (Å²) in [6.45, 7) is -0.0406. The molecule has 0 spiro atoms. The van der Waals surface area contributed by atoms with E-state index in [0.29, 0.717) is 0 Å². The molecule has 0 unspecified atom stereocenters. The Labute approximate surface area is 290 Å². The summed E-state index contributed by atoms with van der Waals surface area (Å²) in [5, 5.41) is 2.32. The van der Waals surface area contributed by atoms with Gasteiger partial charge in [-0.2, -0.15) is 0 Å². The predicted octanol–water partition coefficient (Wildman–Crippen LogP) is 8.36. The Hall–Kier alpha value is -6.93. The lowest BCUT2D eigenvalue weighted by Crippen LogP contribution is -2.59. The van der Waals surface area contributed by atoms with E-state index in [2.05, 4.69) is 111 Å². The minimum atomic E-state index is -0.0406. The molecular formula is C43H23BN4O3. The van der Waals surface area contributed by atoms with Crippen LogP contribution in [0.5, 0.6) is 34.5 Å². The summed E-state index contributed by atoms with van der Waals surface area (Å²) in [6, 6.07) is 48.5. The maximum atomic E-state index is 6.77. The molecular weight excluding hydrogens is 631 g/mol. The maximum absolute atomic E-state index is 6.77. The maximum Gasteiger partial charge on any atom is 0.270 e. The van der Waals surface area contributed by atoms with Gasteiger partial charge in [0.2, 0.25) is 5.78 Å². The molecule has 0 N–H and O–H groups in total. The van der Waals surface area contributed by atoms with Crippen molar-refractivity contribution in [1.29, 1.82) is 0 Å². The number of ether oxygens (including phenoxy) is 3. The molecule has 10 aromatic rings. The minimum Gasteiger partial charge on any atom is -0.458 e. The van der Waals surface area contributed by atoms with Crippen molar-refractivity contribution in [3.63, 3.8) is 0 Å². The van der Waals surface area contributed by atoms with Crippen LogP contribution < -0.4 is 30.6 Å². The van der Waals surface area contributed by atoms with Gasteiger partial charge in [0, 0.05) is 45.0 Å². The third kappa shape index (κ3) is 3.14. The first-order valence-corrected chi connectivity index (χ1v) is 17.2. The highest BCUT2D eigenvalue weighted by molar-refractivity contribution is 6.99. The van der Waals surface area contributed by atoms with Crippen molar-refractivity contribution in [2.24, 2.45) is 0 Å². The Morgan fingerprint density at radius 3 is 1.73 bits per heavy atom. The van der Waals surface area contributed by atoms with Crippen LogP contribution >= 0.6 is 0 Å². The van der Waals surface area contributed by atoms with E-state index in [1.165, 1.54) is 5.39 Å². The van der Waals surface area contributed by atoms with Crippen LogP contribution in [0.15, 0.2) is 140 Å². The number of hydrogen-bond acceptors (Lipinski definition) is 4. The van der Waals surface area contributed by atoms with Crippen LogP contribution in [0.1, 0.15) is 0 Å². The number of para-hydroxylation sites is 4. The summed E-state index contributed by atoms with van der Waals surface area (Å²) in [5.74, 6) is 5.72. The normalized spacial score (nSPS) is 13.5. The Bertz CT molecular complexity index is 3120. The highest BCUT2D eigenvalue weighted by Crippen LogP contribution is 2.45. The molecule has 7 aromatic carbocycles. The number of fused-ring (bicyclic) bond motifs is 9. The molecule has 51 heavy (non-hydrogen) atoms. The molecule has 0 saturated carbocycles. The van der Waals surface area contributed by atoms with Gasteiger partial charge in [-0.1, -0.05) is 60.7 Å². The molecule has 0 atom stereocenters. The Balaban J connectivity index is 1.16. The van der Waals surface area contributed by atoms with E-state index in [4.69, 9.17) is 19.2 Å². The van der Waals surface area contributed by atoms with Gasteiger partial charge >= 0.3 is 0 Å². The van der Waals surface area contributed by atoms with E-state index < -0.39 is 0 Å². The molecule has 0 radical (unpaired) electrons. The van der Waals surface area contributed by atoms with Gasteiger partial charge in [0.15, 0.2) is 0 Å². The first-order chi connectivity index (χ1) is 25.3. The number of imidazole rings is 2. The molecule has 6 heterocycles. The van der Waals surface area contributed by atoms with Gasteiger partial charge in [0.05, 0.1) is 38.8 Å². The van der Waals surface area contributed by atoms with E-state index in [0.717, 1.165) is 107 Å². The summed E-state index contributed by atoms with van der Waals surface area (Å²) in [7, 11) is 0. The van der Waals surface area contributed by atoms with Crippen LogP contribution in [0.25, 0.3) is 61.0 Å². The smallest absolute Gasteiger partial charge is 0.270 e. The van der Waals surface area contributed by atoms with Gasteiger partial charge in [-0.25, -0.2) is 4.98 Å². The fourth-order valence-electron chi connectivity index (χ4n) is 8.96. The third-order valence-electron chi connectivity index (χ3n) is 10.9. The van der Waals surface area contributed by atoms with Crippen LogP contribution in [0, 0.1) is 0 Å². The second-order valence-corrected chi connectivity index (χ2v) is 13.5. The Morgan fingerprint density at radius 2 is 1.02 bits per heavy atom. The van der Waals surface area contributed by atoms with Gasteiger partial charge < -0.3 is 18.8 Å². The average molecular weight is 654 g/mol. The van der Waals surface area contributed by atoms with Crippen LogP contribution in [0.3, 0.4) is 0 Å². The largest absolute Gasteiger partial charge is 0.458 e. The quantitative estimate of drug-likeness (QED) is 0.176. The Kier molecular flexibility index (Phi) is 4.59. The molecule has 0 amide bonds. The summed E-state index contributed by atoms with van der Waals surface area (Å²) >= 11 is 0. The number of benzene rings is 7. The SMILES string of the molecule is c1ccc(-n2c3ccccc3n3c4c(ccc5c6ccccc6n(-c6cc7c8c(c6)Oc6cccc9c6B8c6c(cccc6O7)O9)c54)nc23)cc1. The lowest BCUT2D eigenvalue weighted by molar-refractivity contribution is 0.442. The van der Waals surface area contributed by atoms with Crippen molar-refractivity contribution in [3.8, 4) is 45.9 Å². The fraction of sp³-hybridized carbons (Fsp3) is 0. The zero-order chi connectivity index (χ0) is 32.9. The molecule has 3 aliphatic rings. The predicted molar refractivity (Wildman–Crippen MR) is 202 cm³/mol. The van der Waals surface area contributed by atoms with Crippen molar-refractivity contribution >= 4 is 72.8 Å². The highest BCUT2D eigenvalue weighted by atomic mass is 16.5. The summed E-state index contributed by atoms with van der Waals surface area (Å²) in [6.07, 6.45) is 0. The lowest BCUT2D eigenvalue weighted by Gasteiger charge is -2.37. The zero-order valence-corrected chi connectivity index (χ0v) is 26.9. The van der Waals surface area contributed by atoms with Gasteiger partial charge in [0.1, 0.15) is 34.5 Å². The summed E-state index contributed by atoms with van der Waals surface area (Å²) in [5.41, 5.74) is 11.5. The van der Waals surface area contributed by atoms with Crippen molar-refractivity contribution in [2.45, 2.75) is 0 Å². The molecule has 13 rings (SSSR count). The minimum absolute atomic E-state index is 0.0406. The molecule has 7 nitrogen and oxygen atoms in total. The summed E-state index contributed by atoms with van der Waals surface area (Å²) in [4.78, 5) is 5.32. The van der Waals surface area contributed by atoms with Crippen LogP contribution in [-0.4, -0.2) is 25.2 Å². The van der Waals surface area contributed by atoms with Gasteiger partial charge in [-0.15, -0.1) is 0 Å². The van der Waals surface area contributed by atoms with Crippen LogP contribution in [0.4, 0.5) is 0 Å². The number of nitrogens with zero attached hydrogens (tertiary/aromatic N) is 4. The molecule has 0 aliphatic carbocycles. The number of hydrogen-bond donors (Lipinski definition) is 0. The summed E-state index contributed by atoms with van der Waals surface area (Å²) < 4.78 is 26.9. The Morgan fingerprint density at radius 1 is 0.431 bits per heavy atom. The topological polar surface area (TPSA) is 54.9 Å². The second-order valence-electron chi connectivity index (χ2n) is 13.5. The molecule has 236 valence electrons. The monoisotopic (exact) mass is 654 g/mol. The van der Waals surface area contributed by atoms with E-state index in [1.54, 1.807) is 0 Å². The van der Waals surface area contributed by atoms with Crippen LogP contribution in [-0.2, 0) is 0 Å². The van der Waals surface area contributed by atoms with Gasteiger partial charge in [0.25, 0.3) is 6.71 Å². The first-order valence-electron chi connectivity index (χ1n) is 17.2. The van der Waals surface area contributed by atoms with Gasteiger partial charge in [-0.05, 0) is 66.7 Å². The van der Waals surface area contributed by atoms with Crippen LogP contribution in [0.2, 0.25) is 0 Å². The van der Waals surface area contributed by atoms with Crippen molar-refractivity contribution < 1.29 is 14.2 Å². The zero-order valence-electron chi connectivity index (χ0n) is 26.9. The highest BCUT2D eigenvalue weighted by Gasteiger charge is 2.46. The molecule has 0 saturated heterocycles. The first kappa shape index (κ1) is 26.0.